The number of hydrogen-bond acceptors (Lipinski definition) is 6. The number of methoxy groups -OCH3 is 2. The second-order valence-corrected chi connectivity index (χ2v) is 4.46. The van der Waals surface area contributed by atoms with Gasteiger partial charge < -0.3 is 9.47 Å². The number of benzene rings is 1. The molecule has 0 N–H and O–H groups in total. The molecule has 2 heterocycles. The van der Waals surface area contributed by atoms with Crippen molar-refractivity contribution in [3.8, 4) is 22.9 Å². The molecule has 0 bridgehead atoms. The van der Waals surface area contributed by atoms with Gasteiger partial charge in [0.25, 0.3) is 0 Å². The normalized spacial score (nSPS) is 10.6. The molecule has 0 aliphatic rings. The predicted octanol–water partition coefficient (Wildman–Crippen LogP) is 2.32. The summed E-state index contributed by atoms with van der Waals surface area (Å²) in [7, 11) is 3.08. The van der Waals surface area contributed by atoms with Crippen molar-refractivity contribution in [2.75, 3.05) is 14.2 Å². The van der Waals surface area contributed by atoms with E-state index in [9.17, 15) is 10.1 Å². The van der Waals surface area contributed by atoms with Crippen molar-refractivity contribution in [3.63, 3.8) is 0 Å². The van der Waals surface area contributed by atoms with E-state index < -0.39 is 4.92 Å². The zero-order chi connectivity index (χ0) is 15.7. The second-order valence-electron chi connectivity index (χ2n) is 4.46. The van der Waals surface area contributed by atoms with Gasteiger partial charge >= 0.3 is 5.69 Å². The third-order valence-electron chi connectivity index (χ3n) is 3.15. The first-order chi connectivity index (χ1) is 10.6. The Labute approximate surface area is 125 Å². The molecule has 2 aromatic heterocycles. The van der Waals surface area contributed by atoms with Crippen LogP contribution in [0.25, 0.3) is 17.0 Å². The standard InChI is InChI=1S/C14H12N4O4/c1-21-10-6-9(7-11(8-10)22-2)13-15-14-12(18(19)20)4-3-5-17(14)16-13/h3-8H,1-2H3. The molecule has 0 amide bonds. The summed E-state index contributed by atoms with van der Waals surface area (Å²) in [4.78, 5) is 14.8. The van der Waals surface area contributed by atoms with Crippen LogP contribution in [0, 0.1) is 10.1 Å². The number of pyridine rings is 1. The number of nitro groups is 1. The van der Waals surface area contributed by atoms with Crippen LogP contribution in [0.3, 0.4) is 0 Å². The maximum atomic E-state index is 11.0. The van der Waals surface area contributed by atoms with Crippen LogP contribution in [0.1, 0.15) is 0 Å². The number of rotatable bonds is 4. The summed E-state index contributed by atoms with van der Waals surface area (Å²) in [6.45, 7) is 0. The molecule has 0 fully saturated rings. The third-order valence-corrected chi connectivity index (χ3v) is 3.15. The molecule has 0 atom stereocenters. The lowest BCUT2D eigenvalue weighted by Gasteiger charge is -2.05. The van der Waals surface area contributed by atoms with Crippen LogP contribution in [0.15, 0.2) is 36.5 Å². The van der Waals surface area contributed by atoms with E-state index in [0.29, 0.717) is 22.9 Å². The first-order valence-electron chi connectivity index (χ1n) is 6.35. The lowest BCUT2D eigenvalue weighted by molar-refractivity contribution is -0.383. The van der Waals surface area contributed by atoms with Gasteiger partial charge in [0.1, 0.15) is 11.5 Å². The van der Waals surface area contributed by atoms with Crippen molar-refractivity contribution in [2.45, 2.75) is 0 Å². The highest BCUT2D eigenvalue weighted by Crippen LogP contribution is 2.29. The molecule has 3 aromatic rings. The minimum atomic E-state index is -0.486. The summed E-state index contributed by atoms with van der Waals surface area (Å²) in [5, 5.41) is 15.3. The molecule has 0 radical (unpaired) electrons. The van der Waals surface area contributed by atoms with Crippen molar-refractivity contribution < 1.29 is 14.4 Å². The van der Waals surface area contributed by atoms with Gasteiger partial charge in [-0.1, -0.05) is 0 Å². The summed E-state index contributed by atoms with van der Waals surface area (Å²) in [5.74, 6) is 1.52. The third kappa shape index (κ3) is 2.30. The highest BCUT2D eigenvalue weighted by molar-refractivity contribution is 5.67. The maximum absolute atomic E-state index is 11.0. The molecule has 0 aliphatic carbocycles. The van der Waals surface area contributed by atoms with Crippen molar-refractivity contribution >= 4 is 11.3 Å². The average Bonchev–Trinajstić information content (AvgIpc) is 2.98. The van der Waals surface area contributed by atoms with E-state index in [1.165, 1.54) is 10.6 Å². The molecule has 22 heavy (non-hydrogen) atoms. The van der Waals surface area contributed by atoms with Crippen molar-refractivity contribution in [2.24, 2.45) is 0 Å². The van der Waals surface area contributed by atoms with Gasteiger partial charge in [0.2, 0.25) is 5.65 Å². The zero-order valence-electron chi connectivity index (χ0n) is 11.9. The van der Waals surface area contributed by atoms with Gasteiger partial charge in [-0.3, -0.25) is 10.1 Å². The van der Waals surface area contributed by atoms with E-state index in [4.69, 9.17) is 9.47 Å². The van der Waals surface area contributed by atoms with Gasteiger partial charge in [-0.25, -0.2) is 9.50 Å². The fraction of sp³-hybridized carbons (Fsp3) is 0.143. The van der Waals surface area contributed by atoms with Crippen molar-refractivity contribution in [3.05, 3.63) is 46.6 Å². The first-order valence-corrected chi connectivity index (χ1v) is 6.35. The summed E-state index contributed by atoms with van der Waals surface area (Å²) in [5.41, 5.74) is 0.731. The van der Waals surface area contributed by atoms with Crippen LogP contribution >= 0.6 is 0 Å². The number of fused-ring (bicyclic) bond motifs is 1. The fourth-order valence-electron chi connectivity index (χ4n) is 2.09. The predicted molar refractivity (Wildman–Crippen MR) is 78.2 cm³/mol. The zero-order valence-corrected chi connectivity index (χ0v) is 11.9. The van der Waals surface area contributed by atoms with Crippen LogP contribution in [-0.4, -0.2) is 33.7 Å². The molecule has 0 aliphatic heterocycles. The quantitative estimate of drug-likeness (QED) is 0.542. The molecule has 0 saturated carbocycles. The number of hydrogen-bond donors (Lipinski definition) is 0. The molecule has 0 unspecified atom stereocenters. The minimum Gasteiger partial charge on any atom is -0.497 e. The smallest absolute Gasteiger partial charge is 0.313 e. The van der Waals surface area contributed by atoms with Crippen LogP contribution in [0.5, 0.6) is 11.5 Å². The van der Waals surface area contributed by atoms with E-state index in [0.717, 1.165) is 0 Å². The van der Waals surface area contributed by atoms with Gasteiger partial charge in [-0.15, -0.1) is 5.10 Å². The van der Waals surface area contributed by atoms with Gasteiger partial charge in [-0.2, -0.15) is 0 Å². The van der Waals surface area contributed by atoms with Crippen LogP contribution in [-0.2, 0) is 0 Å². The SMILES string of the molecule is COc1cc(OC)cc(-c2nc3c([N+](=O)[O-])cccn3n2)c1. The van der Waals surface area contributed by atoms with Crippen LogP contribution < -0.4 is 9.47 Å². The largest absolute Gasteiger partial charge is 0.497 e. The molecular weight excluding hydrogens is 288 g/mol. The Bertz CT molecular complexity index is 837. The maximum Gasteiger partial charge on any atom is 0.313 e. The number of aromatic nitrogens is 3. The van der Waals surface area contributed by atoms with Crippen molar-refractivity contribution in [1.29, 1.82) is 0 Å². The van der Waals surface area contributed by atoms with Gasteiger partial charge in [0.05, 0.1) is 19.1 Å². The van der Waals surface area contributed by atoms with Crippen LogP contribution in [0.4, 0.5) is 5.69 Å². The van der Waals surface area contributed by atoms with E-state index >= 15 is 0 Å². The molecule has 3 rings (SSSR count). The average molecular weight is 300 g/mol. The van der Waals surface area contributed by atoms with Crippen LogP contribution in [0.2, 0.25) is 0 Å². The molecule has 0 spiro atoms. The molecule has 112 valence electrons. The Balaban J connectivity index is 2.18. The second kappa shape index (κ2) is 5.32. The van der Waals surface area contributed by atoms with E-state index in [1.54, 1.807) is 44.7 Å². The topological polar surface area (TPSA) is 91.8 Å². The van der Waals surface area contributed by atoms with Gasteiger partial charge in [-0.05, 0) is 18.2 Å². The van der Waals surface area contributed by atoms with Crippen molar-refractivity contribution in [1.82, 2.24) is 14.6 Å². The number of nitrogens with zero attached hydrogens (tertiary/aromatic N) is 4. The summed E-state index contributed by atoms with van der Waals surface area (Å²) >= 11 is 0. The Hall–Kier alpha value is -3.16. The summed E-state index contributed by atoms with van der Waals surface area (Å²) < 4.78 is 11.8. The summed E-state index contributed by atoms with van der Waals surface area (Å²) in [6.07, 6.45) is 1.61. The highest BCUT2D eigenvalue weighted by atomic mass is 16.6. The molecule has 8 heteroatoms. The highest BCUT2D eigenvalue weighted by Gasteiger charge is 2.17. The van der Waals surface area contributed by atoms with Gasteiger partial charge in [0, 0.05) is 23.9 Å². The van der Waals surface area contributed by atoms with E-state index in [2.05, 4.69) is 10.1 Å². The fourth-order valence-corrected chi connectivity index (χ4v) is 2.09. The number of ether oxygens (including phenoxy) is 2. The molecular formula is C14H12N4O4. The lowest BCUT2D eigenvalue weighted by atomic mass is 10.2. The Morgan fingerprint density at radius 2 is 1.86 bits per heavy atom. The van der Waals surface area contributed by atoms with E-state index in [-0.39, 0.29) is 11.3 Å². The first kappa shape index (κ1) is 13.8. The minimum absolute atomic E-state index is 0.101. The monoisotopic (exact) mass is 300 g/mol. The summed E-state index contributed by atoms with van der Waals surface area (Å²) in [6, 6.07) is 8.14. The van der Waals surface area contributed by atoms with E-state index in [1.807, 2.05) is 0 Å². The van der Waals surface area contributed by atoms with Gasteiger partial charge in [0.15, 0.2) is 5.82 Å². The molecule has 0 saturated heterocycles. The Kier molecular flexibility index (Phi) is 3.34. The molecule has 8 nitrogen and oxygen atoms in total. The lowest BCUT2D eigenvalue weighted by Crippen LogP contribution is -1.93. The Morgan fingerprint density at radius 3 is 2.45 bits per heavy atom. The molecule has 1 aromatic carbocycles. The Morgan fingerprint density at radius 1 is 1.18 bits per heavy atom.